The molecule has 2 aromatic carbocycles. The molecule has 0 radical (unpaired) electrons. The highest BCUT2D eigenvalue weighted by Crippen LogP contribution is 2.23. The quantitative estimate of drug-likeness (QED) is 0.857. The maximum Gasteiger partial charge on any atom is 0.573 e. The molecule has 2 aromatic rings. The van der Waals surface area contributed by atoms with Gasteiger partial charge in [0.25, 0.3) is 5.91 Å². The summed E-state index contributed by atoms with van der Waals surface area (Å²) in [5.41, 5.74) is 1.63. The molecule has 1 aliphatic rings. The summed E-state index contributed by atoms with van der Waals surface area (Å²) in [7, 11) is 0. The lowest BCUT2D eigenvalue weighted by Crippen LogP contribution is -2.23. The van der Waals surface area contributed by atoms with Gasteiger partial charge >= 0.3 is 6.36 Å². The molecular formula is C19H17F3N2O3. The van der Waals surface area contributed by atoms with Crippen molar-refractivity contribution in [3.05, 3.63) is 59.7 Å². The van der Waals surface area contributed by atoms with Crippen LogP contribution in [-0.2, 0) is 11.3 Å². The fraction of sp³-hybridized carbons (Fsp3) is 0.263. The lowest BCUT2D eigenvalue weighted by Gasteiger charge is -2.16. The number of carbonyl (C=O) groups is 2. The van der Waals surface area contributed by atoms with Gasteiger partial charge in [-0.15, -0.1) is 13.2 Å². The van der Waals surface area contributed by atoms with Crippen LogP contribution in [0.5, 0.6) is 5.75 Å². The molecule has 0 spiro atoms. The fourth-order valence-electron chi connectivity index (χ4n) is 2.85. The lowest BCUT2D eigenvalue weighted by molar-refractivity contribution is -0.274. The first-order valence-corrected chi connectivity index (χ1v) is 8.34. The van der Waals surface area contributed by atoms with E-state index in [2.05, 4.69) is 10.1 Å². The van der Waals surface area contributed by atoms with E-state index in [0.29, 0.717) is 18.7 Å². The molecule has 1 N–H and O–H groups in total. The van der Waals surface area contributed by atoms with Crippen LogP contribution in [-0.4, -0.2) is 29.6 Å². The van der Waals surface area contributed by atoms with E-state index in [1.54, 1.807) is 23.1 Å². The van der Waals surface area contributed by atoms with Crippen molar-refractivity contribution in [1.82, 2.24) is 4.90 Å². The van der Waals surface area contributed by atoms with Crippen molar-refractivity contribution >= 4 is 17.5 Å². The minimum atomic E-state index is -4.78. The van der Waals surface area contributed by atoms with Gasteiger partial charge in [-0.3, -0.25) is 9.59 Å². The van der Waals surface area contributed by atoms with Crippen molar-refractivity contribution < 1.29 is 27.5 Å². The number of alkyl halides is 3. The summed E-state index contributed by atoms with van der Waals surface area (Å²) < 4.78 is 40.3. The second-order valence-corrected chi connectivity index (χ2v) is 6.15. The molecule has 0 unspecified atom stereocenters. The molecule has 142 valence electrons. The topological polar surface area (TPSA) is 58.6 Å². The number of halogens is 3. The maximum absolute atomic E-state index is 12.3. The Morgan fingerprint density at radius 2 is 1.89 bits per heavy atom. The predicted octanol–water partition coefficient (Wildman–Crippen LogP) is 3.96. The molecule has 5 nitrogen and oxygen atoms in total. The number of amides is 2. The third-order valence-corrected chi connectivity index (χ3v) is 4.08. The fourth-order valence-corrected chi connectivity index (χ4v) is 2.85. The summed E-state index contributed by atoms with van der Waals surface area (Å²) in [5.74, 6) is -0.732. The van der Waals surface area contributed by atoms with E-state index in [0.717, 1.165) is 30.7 Å². The van der Waals surface area contributed by atoms with Gasteiger partial charge in [0.2, 0.25) is 5.91 Å². The highest BCUT2D eigenvalue weighted by atomic mass is 19.4. The van der Waals surface area contributed by atoms with Crippen molar-refractivity contribution in [3.8, 4) is 5.75 Å². The average Bonchev–Trinajstić information content (AvgIpc) is 2.99. The Balaban J connectivity index is 1.63. The molecule has 1 fully saturated rings. The standard InChI is InChI=1S/C19H17F3N2O3/c20-19(21,22)27-16-8-6-14(7-9-16)18(26)23-15-4-1-3-13(11-15)12-24-10-2-5-17(24)25/h1,3-4,6-9,11H,2,5,10,12H2,(H,23,26). The van der Waals surface area contributed by atoms with Crippen LogP contribution in [0.15, 0.2) is 48.5 Å². The summed E-state index contributed by atoms with van der Waals surface area (Å²) in [4.78, 5) is 25.8. The Morgan fingerprint density at radius 1 is 1.15 bits per heavy atom. The highest BCUT2D eigenvalue weighted by molar-refractivity contribution is 6.04. The van der Waals surface area contributed by atoms with E-state index in [1.165, 1.54) is 12.1 Å². The number of rotatable bonds is 5. The Morgan fingerprint density at radius 3 is 2.52 bits per heavy atom. The normalized spacial score (nSPS) is 14.3. The van der Waals surface area contributed by atoms with E-state index in [-0.39, 0.29) is 11.5 Å². The second-order valence-electron chi connectivity index (χ2n) is 6.15. The van der Waals surface area contributed by atoms with Gasteiger partial charge in [0.05, 0.1) is 0 Å². The number of hydrogen-bond acceptors (Lipinski definition) is 3. The first-order valence-electron chi connectivity index (χ1n) is 8.34. The number of nitrogens with one attached hydrogen (secondary N) is 1. The van der Waals surface area contributed by atoms with Gasteiger partial charge in [-0.05, 0) is 48.4 Å². The zero-order chi connectivity index (χ0) is 19.4. The number of nitrogens with zero attached hydrogens (tertiary/aromatic N) is 1. The largest absolute Gasteiger partial charge is 0.573 e. The Hall–Kier alpha value is -3.03. The third kappa shape index (κ3) is 5.22. The van der Waals surface area contributed by atoms with Crippen molar-refractivity contribution in [1.29, 1.82) is 0 Å². The van der Waals surface area contributed by atoms with Crippen LogP contribution in [0.3, 0.4) is 0 Å². The highest BCUT2D eigenvalue weighted by Gasteiger charge is 2.31. The van der Waals surface area contributed by atoms with Gasteiger partial charge in [-0.2, -0.15) is 0 Å². The number of benzene rings is 2. The number of hydrogen-bond donors (Lipinski definition) is 1. The minimum Gasteiger partial charge on any atom is -0.406 e. The zero-order valence-corrected chi connectivity index (χ0v) is 14.3. The summed E-state index contributed by atoms with van der Waals surface area (Å²) in [5, 5.41) is 2.70. The van der Waals surface area contributed by atoms with Gasteiger partial charge in [-0.25, -0.2) is 0 Å². The van der Waals surface area contributed by atoms with Crippen LogP contribution < -0.4 is 10.1 Å². The summed E-state index contributed by atoms with van der Waals surface area (Å²) in [6.07, 6.45) is -3.37. The monoisotopic (exact) mass is 378 g/mol. The van der Waals surface area contributed by atoms with Crippen molar-refractivity contribution in [2.75, 3.05) is 11.9 Å². The molecule has 1 aliphatic heterocycles. The van der Waals surface area contributed by atoms with Crippen LogP contribution in [0.4, 0.5) is 18.9 Å². The van der Waals surface area contributed by atoms with Crippen LogP contribution >= 0.6 is 0 Å². The van der Waals surface area contributed by atoms with Gasteiger partial charge in [-0.1, -0.05) is 12.1 Å². The molecule has 0 atom stereocenters. The maximum atomic E-state index is 12.3. The van der Waals surface area contributed by atoms with Gasteiger partial charge in [0.1, 0.15) is 5.75 Å². The molecule has 8 heteroatoms. The summed E-state index contributed by atoms with van der Waals surface area (Å²) in [6, 6.07) is 11.8. The van der Waals surface area contributed by atoms with Crippen molar-refractivity contribution in [2.24, 2.45) is 0 Å². The van der Waals surface area contributed by atoms with E-state index in [4.69, 9.17) is 0 Å². The van der Waals surface area contributed by atoms with E-state index < -0.39 is 18.0 Å². The van der Waals surface area contributed by atoms with Gasteiger partial charge in [0, 0.05) is 30.8 Å². The molecule has 2 amide bonds. The Labute approximate surface area is 153 Å². The summed E-state index contributed by atoms with van der Waals surface area (Å²) in [6.45, 7) is 1.20. The van der Waals surface area contributed by atoms with E-state index in [1.807, 2.05) is 6.07 Å². The first kappa shape index (κ1) is 18.8. The Bertz CT molecular complexity index is 835. The number of carbonyl (C=O) groups excluding carboxylic acids is 2. The van der Waals surface area contributed by atoms with Gasteiger partial charge < -0.3 is 15.0 Å². The van der Waals surface area contributed by atoms with Crippen LogP contribution in [0.1, 0.15) is 28.8 Å². The average molecular weight is 378 g/mol. The molecule has 0 saturated carbocycles. The van der Waals surface area contributed by atoms with Crippen LogP contribution in [0.2, 0.25) is 0 Å². The van der Waals surface area contributed by atoms with Crippen LogP contribution in [0, 0.1) is 0 Å². The molecule has 0 bridgehead atoms. The van der Waals surface area contributed by atoms with Crippen molar-refractivity contribution in [2.45, 2.75) is 25.7 Å². The number of anilines is 1. The first-order chi connectivity index (χ1) is 12.8. The third-order valence-electron chi connectivity index (χ3n) is 4.08. The van der Waals surface area contributed by atoms with Gasteiger partial charge in [0.15, 0.2) is 0 Å². The van der Waals surface area contributed by atoms with E-state index >= 15 is 0 Å². The Kier molecular flexibility index (Phi) is 5.34. The second kappa shape index (κ2) is 7.69. The minimum absolute atomic E-state index is 0.116. The molecule has 27 heavy (non-hydrogen) atoms. The summed E-state index contributed by atoms with van der Waals surface area (Å²) >= 11 is 0. The molecule has 3 rings (SSSR count). The zero-order valence-electron chi connectivity index (χ0n) is 14.3. The van der Waals surface area contributed by atoms with Crippen LogP contribution in [0.25, 0.3) is 0 Å². The van der Waals surface area contributed by atoms with E-state index in [9.17, 15) is 22.8 Å². The number of likely N-dealkylation sites (tertiary alicyclic amines) is 1. The molecule has 1 heterocycles. The molecule has 0 aliphatic carbocycles. The molecular weight excluding hydrogens is 361 g/mol. The molecule has 1 saturated heterocycles. The SMILES string of the molecule is O=C(Nc1cccc(CN2CCCC2=O)c1)c1ccc(OC(F)(F)F)cc1. The molecule has 0 aromatic heterocycles. The number of ether oxygens (including phenoxy) is 1. The predicted molar refractivity (Wildman–Crippen MR) is 92.2 cm³/mol. The van der Waals surface area contributed by atoms with Crippen molar-refractivity contribution in [3.63, 3.8) is 0 Å². The lowest BCUT2D eigenvalue weighted by atomic mass is 10.1. The smallest absolute Gasteiger partial charge is 0.406 e.